The van der Waals surface area contributed by atoms with E-state index in [2.05, 4.69) is 54.4 Å². The number of piperazine rings is 1. The molecule has 0 spiro atoms. The number of aryl methyl sites for hydroxylation is 1. The molecule has 218 valence electrons. The highest BCUT2D eigenvalue weighted by Crippen LogP contribution is 2.24. The average molecular weight is 559 g/mol. The van der Waals surface area contributed by atoms with Gasteiger partial charge in [0.25, 0.3) is 0 Å². The minimum Gasteiger partial charge on any atom is -0.489 e. The Hall–Kier alpha value is -3.96. The number of aromatic nitrogens is 4. The van der Waals surface area contributed by atoms with E-state index in [0.717, 1.165) is 60.9 Å². The van der Waals surface area contributed by atoms with Gasteiger partial charge in [0.15, 0.2) is 17.4 Å². The number of hydrogen-bond acceptors (Lipinski definition) is 9. The summed E-state index contributed by atoms with van der Waals surface area (Å²) >= 11 is 0. The van der Waals surface area contributed by atoms with Crippen LogP contribution in [0.3, 0.4) is 0 Å². The zero-order valence-electron chi connectivity index (χ0n) is 25.1. The lowest BCUT2D eigenvalue weighted by atomic mass is 10.1. The average Bonchev–Trinajstić information content (AvgIpc) is 3.59. The summed E-state index contributed by atoms with van der Waals surface area (Å²) in [5, 5.41) is 14.9. The number of ether oxygens (including phenoxy) is 1. The quantitative estimate of drug-likeness (QED) is 0.380. The Morgan fingerprint density at radius 3 is 2.51 bits per heavy atom. The molecule has 11 nitrogen and oxygen atoms in total. The molecule has 2 aliphatic heterocycles. The molecule has 41 heavy (non-hydrogen) atoms. The number of allylic oxidation sites excluding steroid dienone is 1. The summed E-state index contributed by atoms with van der Waals surface area (Å²) < 4.78 is 7.67. The number of rotatable bonds is 9. The summed E-state index contributed by atoms with van der Waals surface area (Å²) in [6.45, 7) is 14.4. The minimum absolute atomic E-state index is 0.132. The van der Waals surface area contributed by atoms with Crippen LogP contribution in [0.25, 0.3) is 17.1 Å². The molecule has 0 saturated carbocycles. The molecule has 5 rings (SSSR count). The lowest BCUT2D eigenvalue weighted by molar-refractivity contribution is 0.133. The third-order valence-corrected chi connectivity index (χ3v) is 6.90. The molecule has 1 aromatic carbocycles. The van der Waals surface area contributed by atoms with E-state index >= 15 is 0 Å². The van der Waals surface area contributed by atoms with E-state index in [4.69, 9.17) is 9.73 Å². The van der Waals surface area contributed by atoms with Gasteiger partial charge in [-0.05, 0) is 32.5 Å². The molecule has 0 amide bonds. The van der Waals surface area contributed by atoms with Gasteiger partial charge in [0, 0.05) is 57.1 Å². The van der Waals surface area contributed by atoms with Crippen molar-refractivity contribution in [2.75, 3.05) is 46.4 Å². The summed E-state index contributed by atoms with van der Waals surface area (Å²) in [7, 11) is 4.06. The zero-order chi connectivity index (χ0) is 29.2. The van der Waals surface area contributed by atoms with Crippen LogP contribution in [0, 0.1) is 0 Å². The predicted octanol–water partition coefficient (Wildman–Crippen LogP) is 4.56. The van der Waals surface area contributed by atoms with Crippen molar-refractivity contribution in [3.63, 3.8) is 0 Å². The Morgan fingerprint density at radius 2 is 1.83 bits per heavy atom. The van der Waals surface area contributed by atoms with Crippen LogP contribution in [0.1, 0.15) is 38.8 Å². The highest BCUT2D eigenvalue weighted by molar-refractivity contribution is 5.92. The summed E-state index contributed by atoms with van der Waals surface area (Å²) in [4.78, 5) is 18.8. The maximum absolute atomic E-state index is 5.90. The van der Waals surface area contributed by atoms with Crippen LogP contribution < -0.4 is 4.74 Å². The third kappa shape index (κ3) is 8.05. The monoisotopic (exact) mass is 558 g/mol. The van der Waals surface area contributed by atoms with E-state index in [1.807, 2.05) is 70.4 Å². The van der Waals surface area contributed by atoms with Crippen LogP contribution in [0.2, 0.25) is 0 Å². The number of nitrogens with zero attached hydrogens (tertiary/aromatic N) is 10. The highest BCUT2D eigenvalue weighted by Gasteiger charge is 2.25. The fourth-order valence-electron chi connectivity index (χ4n) is 4.57. The van der Waals surface area contributed by atoms with Gasteiger partial charge in [0.2, 0.25) is 0 Å². The maximum atomic E-state index is 5.90. The lowest BCUT2D eigenvalue weighted by Gasteiger charge is -2.32. The van der Waals surface area contributed by atoms with E-state index in [0.29, 0.717) is 24.7 Å². The molecular formula is C30H42N10O. The molecule has 3 aromatic rings. The molecule has 0 radical (unpaired) electrons. The molecular weight excluding hydrogens is 516 g/mol. The molecule has 11 heteroatoms. The van der Waals surface area contributed by atoms with Gasteiger partial charge < -0.3 is 9.64 Å². The second kappa shape index (κ2) is 14.6. The van der Waals surface area contributed by atoms with Gasteiger partial charge in [-0.3, -0.25) is 9.58 Å². The summed E-state index contributed by atoms with van der Waals surface area (Å²) in [6.07, 6.45) is 9.23. The number of amidine groups is 1. The van der Waals surface area contributed by atoms with E-state index in [-0.39, 0.29) is 6.04 Å². The first-order chi connectivity index (χ1) is 20.0. The Labute approximate surface area is 243 Å². The van der Waals surface area contributed by atoms with Gasteiger partial charge >= 0.3 is 0 Å². The van der Waals surface area contributed by atoms with Crippen molar-refractivity contribution >= 4 is 11.5 Å². The second-order valence-corrected chi connectivity index (χ2v) is 9.92. The van der Waals surface area contributed by atoms with Crippen molar-refractivity contribution in [3.05, 3.63) is 66.3 Å². The summed E-state index contributed by atoms with van der Waals surface area (Å²) in [5.41, 5.74) is 3.80. The van der Waals surface area contributed by atoms with Gasteiger partial charge in [-0.2, -0.15) is 10.2 Å². The summed E-state index contributed by atoms with van der Waals surface area (Å²) in [6, 6.07) is 8.03. The largest absolute Gasteiger partial charge is 0.489 e. The van der Waals surface area contributed by atoms with Gasteiger partial charge in [0.05, 0.1) is 30.8 Å². The molecule has 1 atom stereocenters. The first-order valence-electron chi connectivity index (χ1n) is 14.4. The van der Waals surface area contributed by atoms with E-state index in [9.17, 15) is 0 Å². The van der Waals surface area contributed by atoms with Gasteiger partial charge in [0.1, 0.15) is 12.6 Å². The standard InChI is InChI=1S/C28H36N10O.C2H6/c1-5-26(24-16-31-36(4)20-24)32-28-21(2)33-34-38(28)19-22-7-6-8-23(15-22)27-29-17-25(18-30-27)39-14-13-37-11-9-35(3)10-12-37;1-2/h5-8,15-18,20-21H,9-14,19H2,1-4H3;1-2H3/b26-5-,32-28?;. The van der Waals surface area contributed by atoms with Crippen molar-refractivity contribution in [2.24, 2.45) is 22.4 Å². The summed E-state index contributed by atoms with van der Waals surface area (Å²) in [5.74, 6) is 2.14. The van der Waals surface area contributed by atoms with Crippen LogP contribution in [-0.2, 0) is 13.6 Å². The molecule has 2 aliphatic rings. The van der Waals surface area contributed by atoms with Crippen molar-refractivity contribution in [1.29, 1.82) is 0 Å². The minimum atomic E-state index is -0.132. The fraction of sp³-hybridized carbons (Fsp3) is 0.467. The first-order valence-corrected chi connectivity index (χ1v) is 14.4. The first kappa shape index (κ1) is 30.0. The molecule has 0 aliphatic carbocycles. The number of hydrogen-bond donors (Lipinski definition) is 0. The van der Waals surface area contributed by atoms with Gasteiger partial charge in [-0.15, -0.1) is 0 Å². The van der Waals surface area contributed by atoms with E-state index < -0.39 is 0 Å². The van der Waals surface area contributed by atoms with Crippen molar-refractivity contribution in [3.8, 4) is 17.1 Å². The van der Waals surface area contributed by atoms with Crippen LogP contribution in [0.5, 0.6) is 5.75 Å². The molecule has 0 bridgehead atoms. The van der Waals surface area contributed by atoms with Crippen LogP contribution >= 0.6 is 0 Å². The molecule has 1 fully saturated rings. The Kier molecular flexibility index (Phi) is 10.7. The molecule has 2 aromatic heterocycles. The SMILES string of the molecule is C/C=C(\N=C1C(C)N=NN1Cc1cccc(-c2ncc(OCCN3CCN(C)CC3)cn2)c1)c1cnn(C)c1.CC. The molecule has 1 saturated heterocycles. The Bertz CT molecular complexity index is 1340. The van der Waals surface area contributed by atoms with Crippen molar-refractivity contribution in [1.82, 2.24) is 34.6 Å². The predicted molar refractivity (Wildman–Crippen MR) is 162 cm³/mol. The third-order valence-electron chi connectivity index (χ3n) is 6.90. The Morgan fingerprint density at radius 1 is 1.07 bits per heavy atom. The van der Waals surface area contributed by atoms with E-state index in [1.54, 1.807) is 17.1 Å². The van der Waals surface area contributed by atoms with E-state index in [1.165, 1.54) is 0 Å². The van der Waals surface area contributed by atoms with Crippen LogP contribution in [0.15, 0.2) is 70.5 Å². The second-order valence-electron chi connectivity index (χ2n) is 9.92. The number of benzene rings is 1. The van der Waals surface area contributed by atoms with Gasteiger partial charge in [-0.1, -0.05) is 43.3 Å². The molecule has 4 heterocycles. The topological polar surface area (TPSA) is 99.6 Å². The smallest absolute Gasteiger partial charge is 0.159 e. The lowest BCUT2D eigenvalue weighted by Crippen LogP contribution is -2.45. The molecule has 0 N–H and O–H groups in total. The zero-order valence-corrected chi connectivity index (χ0v) is 25.1. The van der Waals surface area contributed by atoms with Crippen LogP contribution in [-0.4, -0.2) is 92.8 Å². The van der Waals surface area contributed by atoms with Crippen molar-refractivity contribution < 1.29 is 4.74 Å². The Balaban J connectivity index is 0.00000189. The van der Waals surface area contributed by atoms with Gasteiger partial charge in [-0.25, -0.2) is 20.0 Å². The fourth-order valence-corrected chi connectivity index (χ4v) is 4.57. The highest BCUT2D eigenvalue weighted by atomic mass is 16.5. The van der Waals surface area contributed by atoms with Crippen molar-refractivity contribution in [2.45, 2.75) is 40.3 Å². The maximum Gasteiger partial charge on any atom is 0.159 e. The number of likely N-dealkylation sites (N-methyl/N-ethyl adjacent to an activating group) is 1. The molecule has 1 unspecified atom stereocenters. The normalized spacial score (nSPS) is 19.0. The van der Waals surface area contributed by atoms with Crippen LogP contribution in [0.4, 0.5) is 0 Å². The number of aliphatic imine (C=N–C) groups is 1.